The molecule has 0 radical (unpaired) electrons. The van der Waals surface area contributed by atoms with E-state index in [0.29, 0.717) is 6.04 Å². The van der Waals surface area contributed by atoms with Crippen molar-refractivity contribution < 1.29 is 0 Å². The molecule has 5 nitrogen and oxygen atoms in total. The fourth-order valence-corrected chi connectivity index (χ4v) is 3.80. The molecule has 1 aliphatic heterocycles. The molecular formula is C21H31N5. The second-order valence-corrected chi connectivity index (χ2v) is 6.94. The van der Waals surface area contributed by atoms with Crippen LogP contribution in [0.5, 0.6) is 0 Å². The third kappa shape index (κ3) is 4.47. The molecule has 1 aromatic heterocycles. The summed E-state index contributed by atoms with van der Waals surface area (Å²) in [7, 11) is 3.92. The Morgan fingerprint density at radius 1 is 1.12 bits per heavy atom. The minimum absolute atomic E-state index is 0.512. The van der Waals surface area contributed by atoms with E-state index in [1.54, 1.807) is 0 Å². The van der Waals surface area contributed by atoms with Crippen LogP contribution in [0.1, 0.15) is 30.5 Å². The van der Waals surface area contributed by atoms with E-state index < -0.39 is 0 Å². The van der Waals surface area contributed by atoms with Gasteiger partial charge in [0.15, 0.2) is 5.96 Å². The molecule has 140 valence electrons. The summed E-state index contributed by atoms with van der Waals surface area (Å²) in [6, 6.07) is 13.5. The van der Waals surface area contributed by atoms with Gasteiger partial charge in [0.05, 0.1) is 0 Å². The molecular weight excluding hydrogens is 322 g/mol. The lowest BCUT2D eigenvalue weighted by Crippen LogP contribution is -2.52. The molecule has 2 aromatic rings. The van der Waals surface area contributed by atoms with Crippen LogP contribution in [0, 0.1) is 0 Å². The summed E-state index contributed by atoms with van der Waals surface area (Å²) in [5.41, 5.74) is 2.71. The highest BCUT2D eigenvalue weighted by atomic mass is 15.3. The van der Waals surface area contributed by atoms with Crippen LogP contribution in [0.15, 0.2) is 53.8 Å². The lowest BCUT2D eigenvalue weighted by atomic mass is 10.0. The smallest absolute Gasteiger partial charge is 0.194 e. The van der Waals surface area contributed by atoms with Crippen molar-refractivity contribution in [2.75, 3.05) is 33.2 Å². The zero-order chi connectivity index (χ0) is 18.4. The Bertz CT molecular complexity index is 698. The SMILES string of the molecule is CCC(c1ccccc1)N1CCN(C(=NC)NCc2ccn(C)c2)CC1. The van der Waals surface area contributed by atoms with Crippen molar-refractivity contribution in [3.05, 3.63) is 59.9 Å². The summed E-state index contributed by atoms with van der Waals surface area (Å²) < 4.78 is 2.08. The molecule has 1 aromatic carbocycles. The van der Waals surface area contributed by atoms with Crippen LogP contribution < -0.4 is 5.32 Å². The molecule has 0 amide bonds. The largest absolute Gasteiger partial charge is 0.357 e. The number of guanidine groups is 1. The van der Waals surface area contributed by atoms with E-state index in [-0.39, 0.29) is 0 Å². The molecule has 1 aliphatic rings. The van der Waals surface area contributed by atoms with E-state index in [1.165, 1.54) is 11.1 Å². The zero-order valence-electron chi connectivity index (χ0n) is 16.2. The van der Waals surface area contributed by atoms with Crippen molar-refractivity contribution >= 4 is 5.96 Å². The average molecular weight is 354 g/mol. The Balaban J connectivity index is 1.54. The Kier molecular flexibility index (Phi) is 6.34. The van der Waals surface area contributed by atoms with Crippen molar-refractivity contribution in [1.82, 2.24) is 19.7 Å². The Labute approximate surface area is 157 Å². The summed E-state index contributed by atoms with van der Waals surface area (Å²) in [5.74, 6) is 1.00. The van der Waals surface area contributed by atoms with Crippen LogP contribution >= 0.6 is 0 Å². The second-order valence-electron chi connectivity index (χ2n) is 6.94. The molecule has 0 bridgehead atoms. The van der Waals surface area contributed by atoms with Crippen LogP contribution in [0.3, 0.4) is 0 Å². The first-order valence-electron chi connectivity index (χ1n) is 9.56. The Morgan fingerprint density at radius 2 is 1.85 bits per heavy atom. The maximum atomic E-state index is 4.49. The van der Waals surface area contributed by atoms with Crippen LogP contribution in [0.4, 0.5) is 0 Å². The first-order chi connectivity index (χ1) is 12.7. The average Bonchev–Trinajstić information content (AvgIpc) is 3.10. The van der Waals surface area contributed by atoms with Crippen LogP contribution in [0.2, 0.25) is 0 Å². The quantitative estimate of drug-likeness (QED) is 0.663. The highest BCUT2D eigenvalue weighted by Crippen LogP contribution is 2.25. The number of hydrogen-bond donors (Lipinski definition) is 1. The summed E-state index contributed by atoms with van der Waals surface area (Å²) in [6.07, 6.45) is 5.36. The molecule has 0 aliphatic carbocycles. The molecule has 1 N–H and O–H groups in total. The van der Waals surface area contributed by atoms with E-state index in [1.807, 2.05) is 7.05 Å². The van der Waals surface area contributed by atoms with Gasteiger partial charge in [-0.05, 0) is 23.6 Å². The fourth-order valence-electron chi connectivity index (χ4n) is 3.80. The molecule has 0 saturated carbocycles. The maximum absolute atomic E-state index is 4.49. The van der Waals surface area contributed by atoms with E-state index in [9.17, 15) is 0 Å². The van der Waals surface area contributed by atoms with Crippen LogP contribution in [0.25, 0.3) is 0 Å². The first-order valence-corrected chi connectivity index (χ1v) is 9.56. The minimum Gasteiger partial charge on any atom is -0.357 e. The molecule has 26 heavy (non-hydrogen) atoms. The summed E-state index contributed by atoms with van der Waals surface area (Å²) in [6.45, 7) is 7.26. The van der Waals surface area contributed by atoms with Crippen molar-refractivity contribution in [3.8, 4) is 0 Å². The van der Waals surface area contributed by atoms with Gasteiger partial charge in [-0.25, -0.2) is 0 Å². The van der Waals surface area contributed by atoms with E-state index in [4.69, 9.17) is 0 Å². The van der Waals surface area contributed by atoms with Gasteiger partial charge in [0.1, 0.15) is 0 Å². The molecule has 5 heteroatoms. The molecule has 0 spiro atoms. The van der Waals surface area contributed by atoms with Crippen LogP contribution in [-0.2, 0) is 13.6 Å². The monoisotopic (exact) mass is 353 g/mol. The third-order valence-corrected chi connectivity index (χ3v) is 5.18. The van der Waals surface area contributed by atoms with Crippen molar-refractivity contribution in [1.29, 1.82) is 0 Å². The van der Waals surface area contributed by atoms with E-state index in [2.05, 4.69) is 87.4 Å². The summed E-state index contributed by atoms with van der Waals surface area (Å²) in [4.78, 5) is 9.47. The number of piperazine rings is 1. The first kappa shape index (κ1) is 18.5. The minimum atomic E-state index is 0.512. The highest BCUT2D eigenvalue weighted by Gasteiger charge is 2.25. The van der Waals surface area contributed by atoms with Gasteiger partial charge in [0.25, 0.3) is 0 Å². The fraction of sp³-hybridized carbons (Fsp3) is 0.476. The van der Waals surface area contributed by atoms with Gasteiger partial charge in [-0.2, -0.15) is 0 Å². The molecule has 2 heterocycles. The highest BCUT2D eigenvalue weighted by molar-refractivity contribution is 5.80. The number of hydrogen-bond acceptors (Lipinski definition) is 2. The normalized spacial score (nSPS) is 17.3. The maximum Gasteiger partial charge on any atom is 0.194 e. The van der Waals surface area contributed by atoms with Crippen molar-refractivity contribution in [2.24, 2.45) is 12.0 Å². The number of aliphatic imine (C=N–C) groups is 1. The van der Waals surface area contributed by atoms with Gasteiger partial charge >= 0.3 is 0 Å². The molecule has 1 unspecified atom stereocenters. The predicted octanol–water partition coefficient (Wildman–Crippen LogP) is 2.87. The van der Waals surface area contributed by atoms with Crippen molar-refractivity contribution in [2.45, 2.75) is 25.9 Å². The Morgan fingerprint density at radius 3 is 2.42 bits per heavy atom. The standard InChI is InChI=1S/C21H31N5/c1-4-20(19-8-6-5-7-9-19)25-12-14-26(15-13-25)21(22-2)23-16-18-10-11-24(3)17-18/h5-11,17,20H,4,12-16H2,1-3H3,(H,22,23). The zero-order valence-corrected chi connectivity index (χ0v) is 16.2. The topological polar surface area (TPSA) is 35.8 Å². The number of nitrogens with one attached hydrogen (secondary N) is 1. The van der Waals surface area contributed by atoms with Gasteiger partial charge in [-0.15, -0.1) is 0 Å². The predicted molar refractivity (Wildman–Crippen MR) is 108 cm³/mol. The van der Waals surface area contributed by atoms with E-state index >= 15 is 0 Å². The van der Waals surface area contributed by atoms with Gasteiger partial charge in [0, 0.05) is 65.3 Å². The van der Waals surface area contributed by atoms with Gasteiger partial charge in [-0.1, -0.05) is 37.3 Å². The summed E-state index contributed by atoms with van der Waals surface area (Å²) >= 11 is 0. The molecule has 1 fully saturated rings. The lowest BCUT2D eigenvalue weighted by Gasteiger charge is -2.40. The number of aromatic nitrogens is 1. The lowest BCUT2D eigenvalue weighted by molar-refractivity contribution is 0.127. The van der Waals surface area contributed by atoms with Gasteiger partial charge < -0.3 is 14.8 Å². The van der Waals surface area contributed by atoms with Gasteiger partial charge in [0.2, 0.25) is 0 Å². The number of benzene rings is 1. The Hall–Kier alpha value is -2.27. The number of rotatable bonds is 5. The van der Waals surface area contributed by atoms with E-state index in [0.717, 1.165) is 45.1 Å². The van der Waals surface area contributed by atoms with Crippen LogP contribution in [-0.4, -0.2) is 53.6 Å². The number of aryl methyl sites for hydroxylation is 1. The summed E-state index contributed by atoms with van der Waals surface area (Å²) in [5, 5.41) is 3.50. The molecule has 1 saturated heterocycles. The number of nitrogens with zero attached hydrogens (tertiary/aromatic N) is 4. The second kappa shape index (κ2) is 8.90. The molecule has 1 atom stereocenters. The van der Waals surface area contributed by atoms with Crippen molar-refractivity contribution in [3.63, 3.8) is 0 Å². The third-order valence-electron chi connectivity index (χ3n) is 5.18. The van der Waals surface area contributed by atoms with Gasteiger partial charge in [-0.3, -0.25) is 9.89 Å². The molecule has 3 rings (SSSR count).